The van der Waals surface area contributed by atoms with Crippen LogP contribution in [0.2, 0.25) is 0 Å². The summed E-state index contributed by atoms with van der Waals surface area (Å²) < 4.78 is 0. The molecule has 1 atom stereocenters. The van der Waals surface area contributed by atoms with Crippen molar-refractivity contribution < 1.29 is 14.7 Å². The summed E-state index contributed by atoms with van der Waals surface area (Å²) in [4.78, 5) is 25.9. The second-order valence-electron chi connectivity index (χ2n) is 6.76. The molecule has 2 aliphatic rings. The van der Waals surface area contributed by atoms with Gasteiger partial charge >= 0.3 is 0 Å². The van der Waals surface area contributed by atoms with Crippen LogP contribution in [-0.4, -0.2) is 47.6 Å². The van der Waals surface area contributed by atoms with E-state index in [4.69, 9.17) is 0 Å². The van der Waals surface area contributed by atoms with Crippen LogP contribution < -0.4 is 5.32 Å². The number of nitrogens with zero attached hydrogens (tertiary/aromatic N) is 1. The number of hydrogen-bond donors (Lipinski definition) is 2. The standard InChI is InChI=1S/C17H30N2O3/c1-2-5-16(21)19-10-8-14(9-11-19)17(22)18-12-15(20)13-6-3-4-7-13/h13-15,20H,2-12H2,1H3,(H,18,22). The molecule has 0 spiro atoms. The van der Waals surface area contributed by atoms with Crippen molar-refractivity contribution in [2.45, 2.75) is 64.4 Å². The van der Waals surface area contributed by atoms with Crippen molar-refractivity contribution in [1.29, 1.82) is 0 Å². The fourth-order valence-electron chi connectivity index (χ4n) is 3.62. The first kappa shape index (κ1) is 17.3. The van der Waals surface area contributed by atoms with E-state index in [-0.39, 0.29) is 17.7 Å². The number of carbonyl (C=O) groups is 2. The third-order valence-corrected chi connectivity index (χ3v) is 5.11. The van der Waals surface area contributed by atoms with Gasteiger partial charge in [-0.05, 0) is 38.0 Å². The summed E-state index contributed by atoms with van der Waals surface area (Å²) in [5, 5.41) is 13.0. The zero-order chi connectivity index (χ0) is 15.9. The lowest BCUT2D eigenvalue weighted by Gasteiger charge is -2.31. The van der Waals surface area contributed by atoms with Crippen LogP contribution in [0, 0.1) is 11.8 Å². The first-order chi connectivity index (χ1) is 10.6. The molecule has 5 heteroatoms. The molecule has 1 aliphatic carbocycles. The molecule has 1 unspecified atom stereocenters. The maximum Gasteiger partial charge on any atom is 0.223 e. The van der Waals surface area contributed by atoms with Crippen LogP contribution >= 0.6 is 0 Å². The summed E-state index contributed by atoms with van der Waals surface area (Å²) in [6.07, 6.45) is 7.09. The van der Waals surface area contributed by atoms with Gasteiger partial charge < -0.3 is 15.3 Å². The Morgan fingerprint density at radius 3 is 2.41 bits per heavy atom. The van der Waals surface area contributed by atoms with Crippen molar-refractivity contribution >= 4 is 11.8 Å². The van der Waals surface area contributed by atoms with Crippen LogP contribution in [0.3, 0.4) is 0 Å². The Morgan fingerprint density at radius 1 is 1.18 bits per heavy atom. The summed E-state index contributed by atoms with van der Waals surface area (Å²) in [6, 6.07) is 0. The average Bonchev–Trinajstić information content (AvgIpc) is 3.07. The molecule has 2 N–H and O–H groups in total. The lowest BCUT2D eigenvalue weighted by molar-refractivity contribution is -0.135. The van der Waals surface area contributed by atoms with E-state index < -0.39 is 6.10 Å². The minimum atomic E-state index is -0.405. The largest absolute Gasteiger partial charge is 0.391 e. The maximum atomic E-state index is 12.2. The zero-order valence-corrected chi connectivity index (χ0v) is 13.7. The lowest BCUT2D eigenvalue weighted by Crippen LogP contribution is -2.44. The lowest BCUT2D eigenvalue weighted by atomic mass is 9.95. The van der Waals surface area contributed by atoms with E-state index in [0.29, 0.717) is 32.0 Å². The summed E-state index contributed by atoms with van der Waals surface area (Å²) in [5.41, 5.74) is 0. The van der Waals surface area contributed by atoms with Gasteiger partial charge in [0, 0.05) is 32.0 Å². The molecule has 2 amide bonds. The molecular weight excluding hydrogens is 280 g/mol. The third-order valence-electron chi connectivity index (χ3n) is 5.11. The maximum absolute atomic E-state index is 12.2. The number of carbonyl (C=O) groups excluding carboxylic acids is 2. The van der Waals surface area contributed by atoms with Gasteiger partial charge in [-0.25, -0.2) is 0 Å². The fourth-order valence-corrected chi connectivity index (χ4v) is 3.62. The molecule has 0 radical (unpaired) electrons. The molecule has 1 saturated carbocycles. The minimum Gasteiger partial charge on any atom is -0.391 e. The normalized spacial score (nSPS) is 21.8. The number of likely N-dealkylation sites (tertiary alicyclic amines) is 1. The smallest absolute Gasteiger partial charge is 0.223 e. The number of rotatable bonds is 6. The van der Waals surface area contributed by atoms with Gasteiger partial charge in [0.25, 0.3) is 0 Å². The van der Waals surface area contributed by atoms with Crippen LogP contribution in [0.1, 0.15) is 58.3 Å². The van der Waals surface area contributed by atoms with Crippen molar-refractivity contribution in [3.63, 3.8) is 0 Å². The van der Waals surface area contributed by atoms with Crippen molar-refractivity contribution in [3.05, 3.63) is 0 Å². The van der Waals surface area contributed by atoms with Crippen LogP contribution in [-0.2, 0) is 9.59 Å². The van der Waals surface area contributed by atoms with Gasteiger partial charge in [0.2, 0.25) is 11.8 Å². The van der Waals surface area contributed by atoms with E-state index in [1.54, 1.807) is 0 Å². The highest BCUT2D eigenvalue weighted by Crippen LogP contribution is 2.27. The molecule has 5 nitrogen and oxygen atoms in total. The van der Waals surface area contributed by atoms with Gasteiger partial charge in [-0.15, -0.1) is 0 Å². The summed E-state index contributed by atoms with van der Waals surface area (Å²) in [6.45, 7) is 3.75. The Morgan fingerprint density at radius 2 is 1.82 bits per heavy atom. The second kappa shape index (κ2) is 8.51. The Balaban J connectivity index is 1.67. The Labute approximate surface area is 133 Å². The number of amides is 2. The molecule has 1 saturated heterocycles. The molecular formula is C17H30N2O3. The fraction of sp³-hybridized carbons (Fsp3) is 0.882. The van der Waals surface area contributed by atoms with E-state index in [0.717, 1.165) is 32.1 Å². The Kier molecular flexibility index (Phi) is 6.68. The quantitative estimate of drug-likeness (QED) is 0.784. The number of aliphatic hydroxyl groups is 1. The second-order valence-corrected chi connectivity index (χ2v) is 6.76. The zero-order valence-electron chi connectivity index (χ0n) is 13.7. The van der Waals surface area contributed by atoms with Crippen molar-refractivity contribution in [2.75, 3.05) is 19.6 Å². The van der Waals surface area contributed by atoms with Crippen LogP contribution in [0.4, 0.5) is 0 Å². The van der Waals surface area contributed by atoms with Crippen molar-refractivity contribution in [2.24, 2.45) is 11.8 Å². The van der Waals surface area contributed by atoms with Crippen LogP contribution in [0.15, 0.2) is 0 Å². The number of nitrogens with one attached hydrogen (secondary N) is 1. The minimum absolute atomic E-state index is 0.0125. The van der Waals surface area contributed by atoms with Gasteiger partial charge in [0.05, 0.1) is 6.10 Å². The van der Waals surface area contributed by atoms with E-state index in [9.17, 15) is 14.7 Å². The molecule has 2 rings (SSSR count). The van der Waals surface area contributed by atoms with E-state index >= 15 is 0 Å². The van der Waals surface area contributed by atoms with Crippen LogP contribution in [0.5, 0.6) is 0 Å². The number of hydrogen-bond acceptors (Lipinski definition) is 3. The van der Waals surface area contributed by atoms with Gasteiger partial charge in [-0.2, -0.15) is 0 Å². The number of aliphatic hydroxyl groups excluding tert-OH is 1. The van der Waals surface area contributed by atoms with E-state index in [1.807, 2.05) is 11.8 Å². The molecule has 22 heavy (non-hydrogen) atoms. The summed E-state index contributed by atoms with van der Waals surface area (Å²) in [7, 11) is 0. The SMILES string of the molecule is CCCC(=O)N1CCC(C(=O)NCC(O)C2CCCC2)CC1. The van der Waals surface area contributed by atoms with E-state index in [1.165, 1.54) is 12.8 Å². The summed E-state index contributed by atoms with van der Waals surface area (Å²) in [5.74, 6) is 0.591. The molecule has 1 heterocycles. The molecule has 2 fully saturated rings. The number of piperidine rings is 1. The summed E-state index contributed by atoms with van der Waals surface area (Å²) >= 11 is 0. The van der Waals surface area contributed by atoms with E-state index in [2.05, 4.69) is 5.32 Å². The van der Waals surface area contributed by atoms with Crippen LogP contribution in [0.25, 0.3) is 0 Å². The molecule has 0 aromatic carbocycles. The molecule has 0 aromatic heterocycles. The Hall–Kier alpha value is -1.10. The highest BCUT2D eigenvalue weighted by Gasteiger charge is 2.28. The molecule has 1 aliphatic heterocycles. The molecule has 0 bridgehead atoms. The van der Waals surface area contributed by atoms with Gasteiger partial charge in [0.1, 0.15) is 0 Å². The van der Waals surface area contributed by atoms with Crippen molar-refractivity contribution in [3.8, 4) is 0 Å². The predicted molar refractivity (Wildman–Crippen MR) is 85.2 cm³/mol. The third kappa shape index (κ3) is 4.70. The van der Waals surface area contributed by atoms with Gasteiger partial charge in [-0.1, -0.05) is 19.8 Å². The monoisotopic (exact) mass is 310 g/mol. The predicted octanol–water partition coefficient (Wildman–Crippen LogP) is 1.69. The van der Waals surface area contributed by atoms with Crippen molar-refractivity contribution in [1.82, 2.24) is 10.2 Å². The average molecular weight is 310 g/mol. The first-order valence-corrected chi connectivity index (χ1v) is 8.85. The van der Waals surface area contributed by atoms with Gasteiger partial charge in [-0.3, -0.25) is 9.59 Å². The molecule has 0 aromatic rings. The highest BCUT2D eigenvalue weighted by molar-refractivity contribution is 5.80. The Bertz CT molecular complexity index is 372. The molecule has 126 valence electrons. The highest BCUT2D eigenvalue weighted by atomic mass is 16.3. The topological polar surface area (TPSA) is 69.6 Å². The van der Waals surface area contributed by atoms with Gasteiger partial charge in [0.15, 0.2) is 0 Å². The first-order valence-electron chi connectivity index (χ1n) is 8.85.